The summed E-state index contributed by atoms with van der Waals surface area (Å²) >= 11 is 0. The Labute approximate surface area is 203 Å². The summed E-state index contributed by atoms with van der Waals surface area (Å²) in [4.78, 5) is 25.2. The van der Waals surface area contributed by atoms with Crippen LogP contribution in [0.4, 0.5) is 18.0 Å². The molecule has 184 valence electrons. The van der Waals surface area contributed by atoms with Crippen molar-refractivity contribution in [2.75, 3.05) is 7.11 Å². The van der Waals surface area contributed by atoms with E-state index in [1.54, 1.807) is 48.7 Å². The minimum Gasteiger partial charge on any atom is -0.497 e. The van der Waals surface area contributed by atoms with Crippen LogP contribution in [-0.4, -0.2) is 28.7 Å². The van der Waals surface area contributed by atoms with Crippen LogP contribution in [0.2, 0.25) is 0 Å². The number of amides is 3. The number of nitrogens with zero attached hydrogens (tertiary/aromatic N) is 1. The third-order valence-electron chi connectivity index (χ3n) is 6.34. The number of hydrogen-bond acceptors (Lipinski definition) is 4. The molecule has 0 aliphatic carbocycles. The molecule has 0 saturated carbocycles. The molecule has 1 saturated heterocycles. The van der Waals surface area contributed by atoms with Gasteiger partial charge >= 0.3 is 12.2 Å². The predicted octanol–water partition coefficient (Wildman–Crippen LogP) is 4.78. The quantitative estimate of drug-likeness (QED) is 0.348. The minimum absolute atomic E-state index is 0.0985. The molecule has 4 aromatic rings. The number of nitrogens with one attached hydrogen (secondary N) is 2. The van der Waals surface area contributed by atoms with Gasteiger partial charge in [-0.1, -0.05) is 36.4 Å². The fourth-order valence-electron chi connectivity index (χ4n) is 4.42. The minimum atomic E-state index is -4.43. The largest absolute Gasteiger partial charge is 0.497 e. The van der Waals surface area contributed by atoms with Crippen molar-refractivity contribution >= 4 is 22.7 Å². The molecular formula is C26H20F3N3O4. The molecule has 5 rings (SSSR count). The molecule has 1 aliphatic rings. The SMILES string of the molecule is COc1ccc2cn(CC3(c4ccc(-c5ccc(C(F)(F)F)cc5)cc4)NC(=O)NC3=O)c(O)c2c1. The molecule has 0 spiro atoms. The number of alkyl halides is 3. The van der Waals surface area contributed by atoms with Crippen LogP contribution in [0.5, 0.6) is 11.6 Å². The van der Waals surface area contributed by atoms with Gasteiger partial charge in [0.15, 0.2) is 11.4 Å². The Morgan fingerprint density at radius 3 is 2.17 bits per heavy atom. The normalized spacial score (nSPS) is 17.8. The maximum absolute atomic E-state index is 13.0. The first-order chi connectivity index (χ1) is 17.1. The van der Waals surface area contributed by atoms with E-state index in [1.165, 1.54) is 23.8 Å². The fraction of sp³-hybridized carbons (Fsp3) is 0.154. The van der Waals surface area contributed by atoms with Gasteiger partial charge in [-0.05, 0) is 47.0 Å². The summed E-state index contributed by atoms with van der Waals surface area (Å²) in [5, 5.41) is 17.0. The first-order valence-corrected chi connectivity index (χ1v) is 10.9. The standard InChI is InChI=1S/C26H20F3N3O4/c1-36-20-11-6-17-13-32(22(33)21(17)12-20)14-25(23(34)30-24(35)31-25)18-7-2-15(3-8-18)16-4-9-19(10-5-16)26(27,28)29/h2-13,33H,14H2,1H3,(H2,30,31,34,35). The van der Waals surface area contributed by atoms with E-state index in [1.807, 2.05) is 0 Å². The topological polar surface area (TPSA) is 92.6 Å². The number of aromatic nitrogens is 1. The van der Waals surface area contributed by atoms with Gasteiger partial charge in [0, 0.05) is 17.0 Å². The van der Waals surface area contributed by atoms with Crippen molar-refractivity contribution in [2.45, 2.75) is 18.3 Å². The number of carbonyl (C=O) groups excluding carboxylic acids is 2. The molecule has 0 radical (unpaired) electrons. The van der Waals surface area contributed by atoms with E-state index in [9.17, 15) is 27.9 Å². The maximum atomic E-state index is 13.0. The number of rotatable bonds is 5. The Morgan fingerprint density at radius 1 is 0.972 bits per heavy atom. The van der Waals surface area contributed by atoms with Crippen molar-refractivity contribution in [2.24, 2.45) is 0 Å². The van der Waals surface area contributed by atoms with Crippen molar-refractivity contribution in [3.05, 3.63) is 84.1 Å². The number of methoxy groups -OCH3 is 1. The molecule has 1 aliphatic heterocycles. The number of halogens is 3. The molecular weight excluding hydrogens is 475 g/mol. The lowest BCUT2D eigenvalue weighted by atomic mass is 9.88. The van der Waals surface area contributed by atoms with E-state index in [-0.39, 0.29) is 12.4 Å². The number of carbonyl (C=O) groups is 2. The zero-order valence-electron chi connectivity index (χ0n) is 18.9. The summed E-state index contributed by atoms with van der Waals surface area (Å²) in [5.74, 6) is -0.140. The van der Waals surface area contributed by atoms with E-state index in [0.717, 1.165) is 12.1 Å². The molecule has 1 unspecified atom stereocenters. The van der Waals surface area contributed by atoms with Crippen molar-refractivity contribution in [3.63, 3.8) is 0 Å². The second kappa shape index (κ2) is 8.33. The van der Waals surface area contributed by atoms with E-state index < -0.39 is 29.2 Å². The smallest absolute Gasteiger partial charge is 0.416 e. The van der Waals surface area contributed by atoms with Crippen LogP contribution in [0.3, 0.4) is 0 Å². The maximum Gasteiger partial charge on any atom is 0.416 e. The van der Waals surface area contributed by atoms with Gasteiger partial charge in [0.25, 0.3) is 5.91 Å². The van der Waals surface area contributed by atoms with Gasteiger partial charge in [-0.2, -0.15) is 13.2 Å². The summed E-state index contributed by atoms with van der Waals surface area (Å²) < 4.78 is 45.3. The molecule has 0 bridgehead atoms. The molecule has 10 heteroatoms. The van der Waals surface area contributed by atoms with Gasteiger partial charge in [-0.3, -0.25) is 10.1 Å². The highest BCUT2D eigenvalue weighted by molar-refractivity contribution is 6.07. The number of imide groups is 1. The zero-order valence-corrected chi connectivity index (χ0v) is 18.9. The third-order valence-corrected chi connectivity index (χ3v) is 6.34. The molecule has 36 heavy (non-hydrogen) atoms. The van der Waals surface area contributed by atoms with E-state index in [0.29, 0.717) is 33.2 Å². The Balaban J connectivity index is 1.51. The molecule has 7 nitrogen and oxygen atoms in total. The average Bonchev–Trinajstić information content (AvgIpc) is 3.33. The van der Waals surface area contributed by atoms with Crippen LogP contribution in [0.15, 0.2) is 72.9 Å². The zero-order chi connectivity index (χ0) is 25.7. The van der Waals surface area contributed by atoms with Crippen molar-refractivity contribution in [3.8, 4) is 22.8 Å². The van der Waals surface area contributed by atoms with Crippen molar-refractivity contribution in [1.29, 1.82) is 0 Å². The number of hydrogen-bond donors (Lipinski definition) is 3. The first-order valence-electron chi connectivity index (χ1n) is 10.9. The number of benzene rings is 3. The van der Waals surface area contributed by atoms with Gasteiger partial charge in [0.1, 0.15) is 5.75 Å². The van der Waals surface area contributed by atoms with E-state index in [2.05, 4.69) is 10.6 Å². The lowest BCUT2D eigenvalue weighted by Crippen LogP contribution is -2.47. The van der Waals surface area contributed by atoms with Crippen LogP contribution in [0, 0.1) is 0 Å². The highest BCUT2D eigenvalue weighted by Gasteiger charge is 2.48. The molecule has 1 atom stereocenters. The Bertz CT molecular complexity index is 1480. The monoisotopic (exact) mass is 495 g/mol. The van der Waals surface area contributed by atoms with Gasteiger partial charge in [-0.25, -0.2) is 4.79 Å². The number of ether oxygens (including phenoxy) is 1. The fourth-order valence-corrected chi connectivity index (χ4v) is 4.42. The van der Waals surface area contributed by atoms with Crippen LogP contribution in [0.1, 0.15) is 11.1 Å². The van der Waals surface area contributed by atoms with Gasteiger partial charge in [-0.15, -0.1) is 0 Å². The first kappa shape index (κ1) is 23.3. The molecule has 1 aromatic heterocycles. The van der Waals surface area contributed by atoms with Crippen molar-refractivity contribution < 1.29 is 32.6 Å². The van der Waals surface area contributed by atoms with Gasteiger partial charge < -0.3 is 19.7 Å². The summed E-state index contributed by atoms with van der Waals surface area (Å²) in [7, 11) is 1.51. The Kier molecular flexibility index (Phi) is 5.39. The Hall–Kier alpha value is -4.47. The highest BCUT2D eigenvalue weighted by atomic mass is 19.4. The number of fused-ring (bicyclic) bond motifs is 1. The number of aromatic hydroxyl groups is 1. The third kappa shape index (κ3) is 3.90. The molecule has 3 aromatic carbocycles. The average molecular weight is 495 g/mol. The van der Waals surface area contributed by atoms with Crippen LogP contribution >= 0.6 is 0 Å². The van der Waals surface area contributed by atoms with Gasteiger partial charge in [0.2, 0.25) is 0 Å². The second-order valence-corrected chi connectivity index (χ2v) is 8.50. The predicted molar refractivity (Wildman–Crippen MR) is 125 cm³/mol. The lowest BCUT2D eigenvalue weighted by Gasteiger charge is -2.27. The van der Waals surface area contributed by atoms with Crippen LogP contribution in [0.25, 0.3) is 21.9 Å². The molecule has 2 heterocycles. The second-order valence-electron chi connectivity index (χ2n) is 8.50. The van der Waals surface area contributed by atoms with Crippen LogP contribution < -0.4 is 15.4 Å². The summed E-state index contributed by atoms with van der Waals surface area (Å²) in [5.41, 5.74) is -0.632. The molecule has 3 N–H and O–H groups in total. The van der Waals surface area contributed by atoms with Gasteiger partial charge in [0.05, 0.1) is 19.2 Å². The summed E-state index contributed by atoms with van der Waals surface area (Å²) in [6, 6.07) is 15.8. The summed E-state index contributed by atoms with van der Waals surface area (Å²) in [6.07, 6.45) is -2.76. The van der Waals surface area contributed by atoms with E-state index in [4.69, 9.17) is 4.74 Å². The molecule has 1 fully saturated rings. The number of urea groups is 1. The summed E-state index contributed by atoms with van der Waals surface area (Å²) in [6.45, 7) is -0.104. The lowest BCUT2D eigenvalue weighted by molar-refractivity contribution is -0.137. The highest BCUT2D eigenvalue weighted by Crippen LogP contribution is 2.36. The van der Waals surface area contributed by atoms with Crippen molar-refractivity contribution in [1.82, 2.24) is 15.2 Å². The van der Waals surface area contributed by atoms with E-state index >= 15 is 0 Å². The van der Waals surface area contributed by atoms with Crippen LogP contribution in [-0.2, 0) is 23.1 Å². The molecule has 3 amide bonds. The Morgan fingerprint density at radius 2 is 1.61 bits per heavy atom.